The highest BCUT2D eigenvalue weighted by atomic mass is 15.1. The first-order valence-corrected chi connectivity index (χ1v) is 11.2. The zero-order valence-corrected chi connectivity index (χ0v) is 17.3. The lowest BCUT2D eigenvalue weighted by Gasteiger charge is -2.25. The Balaban J connectivity index is 1.34. The number of nitrogens with one attached hydrogen (secondary N) is 2. The molecule has 2 saturated carbocycles. The largest absolute Gasteiger partial charge is 0.382 e. The highest BCUT2D eigenvalue weighted by Crippen LogP contribution is 2.28. The lowest BCUT2D eigenvalue weighted by Crippen LogP contribution is -2.22. The third-order valence-corrected chi connectivity index (χ3v) is 6.46. The van der Waals surface area contributed by atoms with Gasteiger partial charge in [-0.3, -0.25) is 0 Å². The maximum absolute atomic E-state index is 3.71. The summed E-state index contributed by atoms with van der Waals surface area (Å²) < 4.78 is 0. The van der Waals surface area contributed by atoms with Gasteiger partial charge in [-0.25, -0.2) is 0 Å². The molecule has 4 rings (SSSR count). The van der Waals surface area contributed by atoms with Crippen LogP contribution in [0.5, 0.6) is 0 Å². The van der Waals surface area contributed by atoms with Crippen LogP contribution in [0.3, 0.4) is 0 Å². The predicted molar refractivity (Wildman–Crippen MR) is 122 cm³/mol. The van der Waals surface area contributed by atoms with E-state index in [1.165, 1.54) is 87.0 Å². The number of benzene rings is 2. The number of anilines is 4. The van der Waals surface area contributed by atoms with Crippen molar-refractivity contribution in [1.29, 1.82) is 0 Å². The molecule has 2 aromatic rings. The van der Waals surface area contributed by atoms with E-state index in [-0.39, 0.29) is 0 Å². The minimum Gasteiger partial charge on any atom is -0.382 e. The fourth-order valence-corrected chi connectivity index (χ4v) is 4.68. The summed E-state index contributed by atoms with van der Waals surface area (Å²) in [5.41, 5.74) is 4.94. The van der Waals surface area contributed by atoms with Crippen molar-refractivity contribution in [3.63, 3.8) is 0 Å². The summed E-state index contributed by atoms with van der Waals surface area (Å²) in [6.45, 7) is 0. The van der Waals surface area contributed by atoms with Crippen LogP contribution < -0.4 is 15.5 Å². The summed E-state index contributed by atoms with van der Waals surface area (Å²) in [6.07, 6.45) is 13.5. The molecule has 2 aliphatic carbocycles. The van der Waals surface area contributed by atoms with E-state index in [2.05, 4.69) is 71.1 Å². The van der Waals surface area contributed by atoms with Gasteiger partial charge in [0.25, 0.3) is 0 Å². The van der Waals surface area contributed by atoms with Crippen LogP contribution in [0.4, 0.5) is 22.7 Å². The van der Waals surface area contributed by atoms with Gasteiger partial charge in [0, 0.05) is 41.9 Å². The molecule has 0 atom stereocenters. The molecule has 2 aromatic carbocycles. The molecule has 0 bridgehead atoms. The summed E-state index contributed by atoms with van der Waals surface area (Å²) >= 11 is 0. The molecule has 0 amide bonds. The van der Waals surface area contributed by atoms with Crippen LogP contribution in [-0.2, 0) is 0 Å². The van der Waals surface area contributed by atoms with Crippen LogP contribution in [0, 0.1) is 0 Å². The monoisotopic (exact) mass is 377 g/mol. The molecule has 0 unspecified atom stereocenters. The molecule has 0 heterocycles. The van der Waals surface area contributed by atoms with E-state index in [9.17, 15) is 0 Å². The van der Waals surface area contributed by atoms with Gasteiger partial charge in [0.1, 0.15) is 0 Å². The minimum absolute atomic E-state index is 0.654. The number of hydrogen-bond acceptors (Lipinski definition) is 3. The quantitative estimate of drug-likeness (QED) is 0.570. The Bertz CT molecular complexity index is 647. The number of nitrogens with zero attached hydrogens (tertiary/aromatic N) is 1. The number of rotatable bonds is 6. The van der Waals surface area contributed by atoms with Crippen molar-refractivity contribution in [3.8, 4) is 0 Å². The molecule has 2 aliphatic rings. The summed E-state index contributed by atoms with van der Waals surface area (Å²) in [5, 5.41) is 7.41. The van der Waals surface area contributed by atoms with Crippen LogP contribution in [0.1, 0.15) is 64.2 Å². The van der Waals surface area contributed by atoms with Gasteiger partial charge >= 0.3 is 0 Å². The summed E-state index contributed by atoms with van der Waals surface area (Å²) in [5.74, 6) is 0. The van der Waals surface area contributed by atoms with Gasteiger partial charge in [0.15, 0.2) is 0 Å². The molecule has 150 valence electrons. The third kappa shape index (κ3) is 5.01. The van der Waals surface area contributed by atoms with Crippen molar-refractivity contribution in [1.82, 2.24) is 0 Å². The molecule has 28 heavy (non-hydrogen) atoms. The van der Waals surface area contributed by atoms with E-state index in [0.29, 0.717) is 12.1 Å². The van der Waals surface area contributed by atoms with E-state index in [0.717, 1.165) is 0 Å². The SMILES string of the molecule is CN(c1ccc(NC2CCCCC2)cc1)c1ccc(NC2CCCCC2)cc1. The van der Waals surface area contributed by atoms with Crippen molar-refractivity contribution >= 4 is 22.7 Å². The van der Waals surface area contributed by atoms with Gasteiger partial charge in [-0.1, -0.05) is 38.5 Å². The Morgan fingerprint density at radius 2 is 0.929 bits per heavy atom. The fourth-order valence-electron chi connectivity index (χ4n) is 4.68. The second-order valence-corrected chi connectivity index (χ2v) is 8.61. The molecule has 2 N–H and O–H groups in total. The Kier molecular flexibility index (Phi) is 6.41. The average Bonchev–Trinajstić information content (AvgIpc) is 2.76. The minimum atomic E-state index is 0.654. The molecular formula is C25H35N3. The summed E-state index contributed by atoms with van der Waals surface area (Å²) in [7, 11) is 2.15. The zero-order valence-electron chi connectivity index (χ0n) is 17.3. The van der Waals surface area contributed by atoms with E-state index in [4.69, 9.17) is 0 Å². The first-order valence-electron chi connectivity index (χ1n) is 11.2. The Morgan fingerprint density at radius 3 is 1.29 bits per heavy atom. The molecule has 0 spiro atoms. The van der Waals surface area contributed by atoms with Crippen LogP contribution in [-0.4, -0.2) is 19.1 Å². The van der Waals surface area contributed by atoms with Gasteiger partial charge in [-0.2, -0.15) is 0 Å². The standard InChI is InChI=1S/C25H35N3/c1-28(24-16-12-22(13-17-24)26-20-8-4-2-5-9-20)25-18-14-23(15-19-25)27-21-10-6-3-7-11-21/h12-21,26-27H,2-11H2,1H3. The Hall–Kier alpha value is -2.16. The lowest BCUT2D eigenvalue weighted by molar-refractivity contribution is 0.463. The van der Waals surface area contributed by atoms with Crippen molar-refractivity contribution < 1.29 is 0 Å². The highest BCUT2D eigenvalue weighted by molar-refractivity contribution is 5.66. The summed E-state index contributed by atoms with van der Waals surface area (Å²) in [6, 6.07) is 19.1. The van der Waals surface area contributed by atoms with Crippen molar-refractivity contribution in [2.24, 2.45) is 0 Å². The van der Waals surface area contributed by atoms with Gasteiger partial charge in [-0.05, 0) is 74.2 Å². The molecule has 0 saturated heterocycles. The van der Waals surface area contributed by atoms with Crippen molar-refractivity contribution in [2.45, 2.75) is 76.3 Å². The molecule has 0 aromatic heterocycles. The van der Waals surface area contributed by atoms with Crippen LogP contribution >= 0.6 is 0 Å². The molecule has 2 fully saturated rings. The maximum atomic E-state index is 3.71. The highest BCUT2D eigenvalue weighted by Gasteiger charge is 2.14. The van der Waals surface area contributed by atoms with Gasteiger partial charge in [-0.15, -0.1) is 0 Å². The second kappa shape index (κ2) is 9.36. The van der Waals surface area contributed by atoms with Crippen LogP contribution in [0.2, 0.25) is 0 Å². The smallest absolute Gasteiger partial charge is 0.0409 e. The van der Waals surface area contributed by atoms with Gasteiger partial charge in [0.05, 0.1) is 0 Å². The Morgan fingerprint density at radius 1 is 0.571 bits per heavy atom. The van der Waals surface area contributed by atoms with Crippen LogP contribution in [0.15, 0.2) is 48.5 Å². The first-order chi connectivity index (χ1) is 13.8. The van der Waals surface area contributed by atoms with Gasteiger partial charge in [0.2, 0.25) is 0 Å². The van der Waals surface area contributed by atoms with Gasteiger partial charge < -0.3 is 15.5 Å². The fraction of sp³-hybridized carbons (Fsp3) is 0.520. The molecule has 3 heteroatoms. The molecule has 0 radical (unpaired) electrons. The van der Waals surface area contributed by atoms with E-state index >= 15 is 0 Å². The normalized spacial score (nSPS) is 18.6. The zero-order chi connectivity index (χ0) is 19.2. The first kappa shape index (κ1) is 19.2. The van der Waals surface area contributed by atoms with Crippen molar-refractivity contribution in [2.75, 3.05) is 22.6 Å². The predicted octanol–water partition coefficient (Wildman–Crippen LogP) is 6.94. The van der Waals surface area contributed by atoms with Crippen LogP contribution in [0.25, 0.3) is 0 Å². The number of hydrogen-bond donors (Lipinski definition) is 2. The molecule has 3 nitrogen and oxygen atoms in total. The van der Waals surface area contributed by atoms with E-state index < -0.39 is 0 Å². The second-order valence-electron chi connectivity index (χ2n) is 8.61. The Labute approximate surface area is 170 Å². The summed E-state index contributed by atoms with van der Waals surface area (Å²) in [4.78, 5) is 2.26. The maximum Gasteiger partial charge on any atom is 0.0409 e. The third-order valence-electron chi connectivity index (χ3n) is 6.46. The van der Waals surface area contributed by atoms with E-state index in [1.807, 2.05) is 0 Å². The molecular weight excluding hydrogens is 342 g/mol. The van der Waals surface area contributed by atoms with Crippen molar-refractivity contribution in [3.05, 3.63) is 48.5 Å². The average molecular weight is 378 g/mol. The molecule has 0 aliphatic heterocycles. The topological polar surface area (TPSA) is 27.3 Å². The lowest BCUT2D eigenvalue weighted by atomic mass is 9.95. The van der Waals surface area contributed by atoms with E-state index in [1.54, 1.807) is 0 Å².